The number of morpholine rings is 1. The normalized spacial score (nSPS) is 15.1. The van der Waals surface area contributed by atoms with Gasteiger partial charge in [0.15, 0.2) is 11.5 Å². The molecule has 0 spiro atoms. The minimum Gasteiger partial charge on any atom is -0.382 e. The van der Waals surface area contributed by atoms with Crippen LogP contribution in [-0.2, 0) is 14.9 Å². The van der Waals surface area contributed by atoms with Crippen molar-refractivity contribution < 1.29 is 17.9 Å². The van der Waals surface area contributed by atoms with Crippen molar-refractivity contribution in [2.24, 2.45) is 0 Å². The second-order valence-corrected chi connectivity index (χ2v) is 7.96. The van der Waals surface area contributed by atoms with Crippen molar-refractivity contribution in [1.29, 1.82) is 0 Å². The largest absolute Gasteiger partial charge is 0.382 e. The molecule has 0 saturated carbocycles. The summed E-state index contributed by atoms with van der Waals surface area (Å²) in [5, 5.41) is 7.86. The van der Waals surface area contributed by atoms with Gasteiger partial charge in [-0.15, -0.1) is 5.10 Å². The topological polar surface area (TPSA) is 136 Å². The van der Waals surface area contributed by atoms with E-state index >= 15 is 0 Å². The Balaban J connectivity index is 1.86. The molecule has 0 bridgehead atoms. The minimum atomic E-state index is -3.65. The number of hydrogen-bond donors (Lipinski definition) is 2. The van der Waals surface area contributed by atoms with E-state index < -0.39 is 10.2 Å². The molecule has 0 radical (unpaired) electrons. The van der Waals surface area contributed by atoms with E-state index in [-0.39, 0.29) is 17.4 Å². The fourth-order valence-electron chi connectivity index (χ4n) is 2.49. The van der Waals surface area contributed by atoms with Crippen LogP contribution < -0.4 is 10.5 Å². The van der Waals surface area contributed by atoms with Gasteiger partial charge in [0, 0.05) is 27.2 Å². The van der Waals surface area contributed by atoms with Gasteiger partial charge in [-0.3, -0.25) is 9.52 Å². The molecule has 1 amide bonds. The predicted molar refractivity (Wildman–Crippen MR) is 98.7 cm³/mol. The highest BCUT2D eigenvalue weighted by atomic mass is 32.2. The molecule has 3 N–H and O–H groups in total. The van der Waals surface area contributed by atoms with Gasteiger partial charge in [-0.1, -0.05) is 11.3 Å². The SMILES string of the molecule is CN(C)S(=O)(=O)Nc1cccc(-n2nnc(C(=O)N3CCOCC3)c2N)c1. The van der Waals surface area contributed by atoms with Crippen molar-refractivity contribution in [2.45, 2.75) is 0 Å². The van der Waals surface area contributed by atoms with Crippen LogP contribution in [0.1, 0.15) is 10.5 Å². The summed E-state index contributed by atoms with van der Waals surface area (Å²) in [5.74, 6) is -0.231. The molecule has 3 rings (SSSR count). The van der Waals surface area contributed by atoms with Gasteiger partial charge in [0.25, 0.3) is 5.91 Å². The first-order valence-electron chi connectivity index (χ1n) is 8.18. The number of benzene rings is 1. The summed E-state index contributed by atoms with van der Waals surface area (Å²) < 4.78 is 34.0. The zero-order valence-corrected chi connectivity index (χ0v) is 15.8. The lowest BCUT2D eigenvalue weighted by Gasteiger charge is -2.26. The number of hydrogen-bond acceptors (Lipinski definition) is 7. The second-order valence-electron chi connectivity index (χ2n) is 6.08. The summed E-state index contributed by atoms with van der Waals surface area (Å²) in [7, 11) is -0.805. The van der Waals surface area contributed by atoms with Crippen LogP contribution >= 0.6 is 0 Å². The average Bonchev–Trinajstić information content (AvgIpc) is 3.03. The number of carbonyl (C=O) groups is 1. The van der Waals surface area contributed by atoms with Crippen LogP contribution in [-0.4, -0.2) is 78.9 Å². The number of nitrogen functional groups attached to an aromatic ring is 1. The molecule has 0 aliphatic carbocycles. The molecule has 1 saturated heterocycles. The number of amides is 1. The molecule has 1 aromatic heterocycles. The third-order valence-corrected chi connectivity index (χ3v) is 5.48. The van der Waals surface area contributed by atoms with Crippen LogP contribution in [0.15, 0.2) is 24.3 Å². The van der Waals surface area contributed by atoms with Crippen LogP contribution in [0.25, 0.3) is 5.69 Å². The van der Waals surface area contributed by atoms with Crippen LogP contribution in [0.5, 0.6) is 0 Å². The van der Waals surface area contributed by atoms with Crippen LogP contribution in [0.3, 0.4) is 0 Å². The van der Waals surface area contributed by atoms with Gasteiger partial charge in [0.2, 0.25) is 0 Å². The quantitative estimate of drug-likeness (QED) is 0.699. The number of aromatic nitrogens is 3. The monoisotopic (exact) mass is 395 g/mol. The maximum Gasteiger partial charge on any atom is 0.301 e. The maximum atomic E-state index is 12.6. The molecule has 1 fully saturated rings. The number of ether oxygens (including phenoxy) is 1. The first kappa shape index (κ1) is 19.1. The van der Waals surface area contributed by atoms with Crippen LogP contribution in [0.2, 0.25) is 0 Å². The molecule has 12 heteroatoms. The molecular formula is C15H21N7O4S. The van der Waals surface area contributed by atoms with Crippen molar-refractivity contribution in [3.63, 3.8) is 0 Å². The summed E-state index contributed by atoms with van der Waals surface area (Å²) in [6.07, 6.45) is 0. The Labute approximate surface area is 156 Å². The zero-order valence-electron chi connectivity index (χ0n) is 15.0. The van der Waals surface area contributed by atoms with E-state index in [9.17, 15) is 13.2 Å². The number of rotatable bonds is 5. The van der Waals surface area contributed by atoms with Gasteiger partial charge in [0.05, 0.1) is 24.6 Å². The summed E-state index contributed by atoms with van der Waals surface area (Å²) in [4.78, 5) is 14.2. The molecule has 1 aliphatic heterocycles. The van der Waals surface area contributed by atoms with Crippen molar-refractivity contribution in [1.82, 2.24) is 24.2 Å². The third-order valence-electron chi connectivity index (χ3n) is 4.02. The summed E-state index contributed by atoms with van der Waals surface area (Å²) >= 11 is 0. The number of nitrogens with one attached hydrogen (secondary N) is 1. The second kappa shape index (κ2) is 7.50. The van der Waals surface area contributed by atoms with E-state index in [1.807, 2.05) is 0 Å². The molecular weight excluding hydrogens is 374 g/mol. The third kappa shape index (κ3) is 4.02. The van der Waals surface area contributed by atoms with E-state index in [2.05, 4.69) is 15.0 Å². The highest BCUT2D eigenvalue weighted by Gasteiger charge is 2.25. The zero-order chi connectivity index (χ0) is 19.6. The van der Waals surface area contributed by atoms with Crippen LogP contribution in [0.4, 0.5) is 11.5 Å². The predicted octanol–water partition coefficient (Wildman–Crippen LogP) is -0.460. The average molecular weight is 395 g/mol. The highest BCUT2D eigenvalue weighted by molar-refractivity contribution is 7.90. The summed E-state index contributed by atoms with van der Waals surface area (Å²) in [6.45, 7) is 1.86. The van der Waals surface area contributed by atoms with Crippen molar-refractivity contribution in [2.75, 3.05) is 50.9 Å². The van der Waals surface area contributed by atoms with Crippen molar-refractivity contribution in [3.8, 4) is 5.69 Å². The Morgan fingerprint density at radius 1 is 1.30 bits per heavy atom. The fourth-order valence-corrected chi connectivity index (χ4v) is 3.10. The van der Waals surface area contributed by atoms with Gasteiger partial charge < -0.3 is 15.4 Å². The molecule has 1 aromatic carbocycles. The van der Waals surface area contributed by atoms with E-state index in [1.165, 1.54) is 18.8 Å². The van der Waals surface area contributed by atoms with Gasteiger partial charge in [-0.2, -0.15) is 17.4 Å². The van der Waals surface area contributed by atoms with Crippen LogP contribution in [0, 0.1) is 0 Å². The molecule has 1 aliphatic rings. The van der Waals surface area contributed by atoms with Crippen molar-refractivity contribution in [3.05, 3.63) is 30.0 Å². The molecule has 0 atom stereocenters. The Morgan fingerprint density at radius 2 is 2.00 bits per heavy atom. The first-order valence-corrected chi connectivity index (χ1v) is 9.62. The molecule has 2 aromatic rings. The first-order chi connectivity index (χ1) is 12.8. The van der Waals surface area contributed by atoms with Gasteiger partial charge >= 0.3 is 10.2 Å². The Morgan fingerprint density at radius 3 is 2.67 bits per heavy atom. The summed E-state index contributed by atoms with van der Waals surface area (Å²) in [6, 6.07) is 6.47. The highest BCUT2D eigenvalue weighted by Crippen LogP contribution is 2.20. The number of anilines is 2. The van der Waals surface area contributed by atoms with Gasteiger partial charge in [-0.05, 0) is 18.2 Å². The molecule has 2 heterocycles. The number of carbonyl (C=O) groups excluding carboxylic acids is 1. The van der Waals surface area contributed by atoms with Gasteiger partial charge in [0.1, 0.15) is 0 Å². The molecule has 146 valence electrons. The number of nitrogens with two attached hydrogens (primary N) is 1. The standard InChI is InChI=1S/C15H21N7O4S/c1-20(2)27(24,25)18-11-4-3-5-12(10-11)22-14(16)13(17-19-22)15(23)21-6-8-26-9-7-21/h3-5,10,18H,6-9,16H2,1-2H3. The minimum absolute atomic E-state index is 0.0520. The van der Waals surface area contributed by atoms with E-state index in [1.54, 1.807) is 29.2 Å². The molecule has 0 unspecified atom stereocenters. The van der Waals surface area contributed by atoms with E-state index in [0.29, 0.717) is 37.7 Å². The van der Waals surface area contributed by atoms with E-state index in [0.717, 1.165) is 4.31 Å². The smallest absolute Gasteiger partial charge is 0.301 e. The Kier molecular flexibility index (Phi) is 5.30. The maximum absolute atomic E-state index is 12.6. The number of nitrogens with zero attached hydrogens (tertiary/aromatic N) is 5. The summed E-state index contributed by atoms with van der Waals surface area (Å²) in [5.41, 5.74) is 6.94. The Hall–Kier alpha value is -2.70. The van der Waals surface area contributed by atoms with Crippen molar-refractivity contribution >= 4 is 27.6 Å². The lowest BCUT2D eigenvalue weighted by molar-refractivity contribution is 0.0299. The molecule has 11 nitrogen and oxygen atoms in total. The Bertz CT molecular complexity index is 935. The van der Waals surface area contributed by atoms with E-state index in [4.69, 9.17) is 10.5 Å². The lowest BCUT2D eigenvalue weighted by Crippen LogP contribution is -2.41. The fraction of sp³-hybridized carbons (Fsp3) is 0.400. The molecule has 27 heavy (non-hydrogen) atoms. The van der Waals surface area contributed by atoms with Gasteiger partial charge in [-0.25, -0.2) is 0 Å². The lowest BCUT2D eigenvalue weighted by atomic mass is 10.3.